The molecular weight excluding hydrogens is 556 g/mol. The average molecular weight is 595 g/mol. The van der Waals surface area contributed by atoms with Crippen LogP contribution in [0.25, 0.3) is 10.9 Å². The lowest BCUT2D eigenvalue weighted by molar-refractivity contribution is -0.142. The van der Waals surface area contributed by atoms with Crippen LogP contribution in [0.5, 0.6) is 0 Å². The number of aliphatic carboxylic acids is 1. The topological polar surface area (TPSA) is 231 Å². The zero-order chi connectivity index (χ0) is 29.7. The largest absolute Gasteiger partial charge is 0.480 e. The van der Waals surface area contributed by atoms with Crippen molar-refractivity contribution < 1.29 is 24.3 Å². The summed E-state index contributed by atoms with van der Waals surface area (Å²) in [6, 6.07) is 3.23. The number of aromatic amines is 1. The van der Waals surface area contributed by atoms with Crippen molar-refractivity contribution in [3.8, 4) is 0 Å². The fourth-order valence-electron chi connectivity index (χ4n) is 3.89. The molecular formula is C25H38N8O5S2. The van der Waals surface area contributed by atoms with Gasteiger partial charge in [0.05, 0.1) is 6.04 Å². The maximum absolute atomic E-state index is 13.2. The Bertz CT molecular complexity index is 1190. The number of nitrogens with one attached hydrogen (secondary N) is 4. The Kier molecular flexibility index (Phi) is 13.6. The molecule has 40 heavy (non-hydrogen) atoms. The molecule has 220 valence electrons. The number of carboxylic acid groups (broad SMARTS) is 1. The number of thiol groups is 1. The number of thioether (sulfide) groups is 1. The van der Waals surface area contributed by atoms with Crippen LogP contribution >= 0.6 is 24.4 Å². The molecule has 0 bridgehead atoms. The van der Waals surface area contributed by atoms with Crippen LogP contribution in [-0.2, 0) is 25.6 Å². The van der Waals surface area contributed by atoms with Crippen LogP contribution in [0.2, 0.25) is 0 Å². The summed E-state index contributed by atoms with van der Waals surface area (Å²) in [7, 11) is 0. The Labute approximate surface area is 242 Å². The maximum Gasteiger partial charge on any atom is 0.326 e. The van der Waals surface area contributed by atoms with Crippen LogP contribution in [0.15, 0.2) is 35.5 Å². The van der Waals surface area contributed by atoms with Crippen LogP contribution in [0.4, 0.5) is 0 Å². The quantitative estimate of drug-likeness (QED) is 0.0488. The number of aliphatic imine (C=N–C) groups is 1. The third kappa shape index (κ3) is 10.3. The second-order valence-corrected chi connectivity index (χ2v) is 10.5. The highest BCUT2D eigenvalue weighted by Crippen LogP contribution is 2.19. The van der Waals surface area contributed by atoms with E-state index in [0.717, 1.165) is 16.5 Å². The predicted octanol–water partition coefficient (Wildman–Crippen LogP) is -0.687. The molecule has 2 rings (SSSR count). The molecule has 1 aromatic heterocycles. The van der Waals surface area contributed by atoms with Crippen LogP contribution < -0.4 is 33.2 Å². The number of nitrogens with two attached hydrogens (primary N) is 3. The molecule has 0 radical (unpaired) electrons. The average Bonchev–Trinajstić information content (AvgIpc) is 3.33. The highest BCUT2D eigenvalue weighted by molar-refractivity contribution is 7.98. The summed E-state index contributed by atoms with van der Waals surface area (Å²) in [6.45, 7) is 0.309. The number of rotatable bonds is 17. The molecule has 1 heterocycles. The summed E-state index contributed by atoms with van der Waals surface area (Å²) in [4.78, 5) is 57.6. The van der Waals surface area contributed by atoms with Crippen molar-refractivity contribution in [2.45, 2.75) is 49.9 Å². The number of aromatic nitrogens is 1. The molecule has 0 aliphatic heterocycles. The number of amides is 3. The molecule has 0 spiro atoms. The van der Waals surface area contributed by atoms with E-state index in [1.807, 2.05) is 30.5 Å². The van der Waals surface area contributed by atoms with Crippen LogP contribution in [-0.4, -0.2) is 88.2 Å². The number of hydrogen-bond acceptors (Lipinski definition) is 8. The van der Waals surface area contributed by atoms with Gasteiger partial charge in [-0.15, -0.1) is 0 Å². The lowest BCUT2D eigenvalue weighted by atomic mass is 10.0. The van der Waals surface area contributed by atoms with E-state index in [2.05, 4.69) is 38.6 Å². The van der Waals surface area contributed by atoms with Crippen molar-refractivity contribution in [2.75, 3.05) is 24.3 Å². The number of hydrogen-bond donors (Lipinski definition) is 9. The molecule has 3 amide bonds. The van der Waals surface area contributed by atoms with Crippen molar-refractivity contribution in [1.29, 1.82) is 0 Å². The van der Waals surface area contributed by atoms with Crippen molar-refractivity contribution in [3.63, 3.8) is 0 Å². The maximum atomic E-state index is 13.2. The second kappa shape index (κ2) is 16.6. The van der Waals surface area contributed by atoms with Gasteiger partial charge in [-0.2, -0.15) is 24.4 Å². The molecule has 4 atom stereocenters. The Morgan fingerprint density at radius 2 is 1.68 bits per heavy atom. The first-order chi connectivity index (χ1) is 19.1. The number of carbonyl (C=O) groups excluding carboxylic acids is 3. The molecule has 11 N–H and O–H groups in total. The number of H-pyrrole nitrogens is 1. The van der Waals surface area contributed by atoms with Gasteiger partial charge in [0.2, 0.25) is 17.7 Å². The van der Waals surface area contributed by atoms with Crippen LogP contribution in [0, 0.1) is 0 Å². The highest BCUT2D eigenvalue weighted by Gasteiger charge is 2.30. The van der Waals surface area contributed by atoms with Gasteiger partial charge >= 0.3 is 5.97 Å². The number of fused-ring (bicyclic) bond motifs is 1. The van der Waals surface area contributed by atoms with Gasteiger partial charge in [-0.1, -0.05) is 18.2 Å². The third-order valence-electron chi connectivity index (χ3n) is 6.08. The van der Waals surface area contributed by atoms with Gasteiger partial charge in [-0.3, -0.25) is 19.4 Å². The minimum atomic E-state index is -1.22. The standard InChI is InChI=1S/C25H38N8O5S2/c1-40-10-8-18(31-23(36)20(13-39)33-21(34)16(26)6-4-9-29-25(27)28)22(35)32-19(24(37)38)11-14-12-30-17-7-3-2-5-15(14)17/h2-3,5,7,12,16,18-20,30,39H,4,6,8-11,13,26H2,1H3,(H,31,36)(H,32,35)(H,33,34)(H,37,38)(H4,27,28,29). The number of guanidine groups is 1. The van der Waals surface area contributed by atoms with Crippen LogP contribution in [0.1, 0.15) is 24.8 Å². The van der Waals surface area contributed by atoms with Gasteiger partial charge < -0.3 is 43.2 Å². The smallest absolute Gasteiger partial charge is 0.326 e. The molecule has 0 saturated carbocycles. The molecule has 0 saturated heterocycles. The van der Waals surface area contributed by atoms with E-state index >= 15 is 0 Å². The van der Waals surface area contributed by atoms with Gasteiger partial charge in [0, 0.05) is 35.8 Å². The van der Waals surface area contributed by atoms with Gasteiger partial charge in [0.1, 0.15) is 18.1 Å². The van der Waals surface area contributed by atoms with Gasteiger partial charge in [0.25, 0.3) is 0 Å². The molecule has 1 aromatic carbocycles. The van der Waals surface area contributed by atoms with E-state index in [1.165, 1.54) is 11.8 Å². The second-order valence-electron chi connectivity index (χ2n) is 9.10. The van der Waals surface area contributed by atoms with Crippen molar-refractivity contribution in [1.82, 2.24) is 20.9 Å². The van der Waals surface area contributed by atoms with E-state index in [1.54, 1.807) is 6.20 Å². The lowest BCUT2D eigenvalue weighted by Crippen LogP contribution is -2.58. The number of carboxylic acids is 1. The van der Waals surface area contributed by atoms with Crippen molar-refractivity contribution in [2.24, 2.45) is 22.2 Å². The van der Waals surface area contributed by atoms with Gasteiger partial charge in [-0.05, 0) is 42.9 Å². The summed E-state index contributed by atoms with van der Waals surface area (Å²) in [5.74, 6) is -2.63. The number of nitrogens with zero attached hydrogens (tertiary/aromatic N) is 1. The summed E-state index contributed by atoms with van der Waals surface area (Å²) >= 11 is 5.63. The lowest BCUT2D eigenvalue weighted by Gasteiger charge is -2.24. The van der Waals surface area contributed by atoms with Gasteiger partial charge in [-0.25, -0.2) is 4.79 Å². The molecule has 0 aliphatic rings. The number of para-hydroxylation sites is 1. The summed E-state index contributed by atoms with van der Waals surface area (Å²) in [6.07, 6.45) is 4.60. The van der Waals surface area contributed by atoms with E-state index < -0.39 is 47.9 Å². The first kappa shape index (κ1) is 32.8. The van der Waals surface area contributed by atoms with E-state index in [9.17, 15) is 24.3 Å². The van der Waals surface area contributed by atoms with E-state index in [4.69, 9.17) is 17.2 Å². The summed E-state index contributed by atoms with van der Waals surface area (Å²) in [5, 5.41) is 18.4. The minimum Gasteiger partial charge on any atom is -0.480 e. The fraction of sp³-hybridized carbons (Fsp3) is 0.480. The highest BCUT2D eigenvalue weighted by atomic mass is 32.2. The Hall–Kier alpha value is -3.43. The van der Waals surface area contributed by atoms with E-state index in [0.29, 0.717) is 18.7 Å². The monoisotopic (exact) mass is 594 g/mol. The summed E-state index contributed by atoms with van der Waals surface area (Å²) < 4.78 is 0. The minimum absolute atomic E-state index is 0.0463. The molecule has 0 aliphatic carbocycles. The van der Waals surface area contributed by atoms with Crippen molar-refractivity contribution >= 4 is 64.9 Å². The first-order valence-electron chi connectivity index (χ1n) is 12.7. The molecule has 0 fully saturated rings. The van der Waals surface area contributed by atoms with Crippen molar-refractivity contribution in [3.05, 3.63) is 36.0 Å². The molecule has 13 nitrogen and oxygen atoms in total. The fourth-order valence-corrected chi connectivity index (χ4v) is 4.62. The molecule has 2 aromatic rings. The number of carbonyl (C=O) groups is 4. The normalized spacial score (nSPS) is 14.0. The SMILES string of the molecule is CSCCC(NC(=O)C(CS)NC(=O)C(N)CCCN=C(N)N)C(=O)NC(Cc1c[nH]c2ccccc12)C(=O)O. The first-order valence-corrected chi connectivity index (χ1v) is 14.7. The zero-order valence-corrected chi connectivity index (χ0v) is 24.0. The Morgan fingerprint density at radius 1 is 1.02 bits per heavy atom. The molecule has 4 unspecified atom stereocenters. The van der Waals surface area contributed by atoms with E-state index in [-0.39, 0.29) is 31.0 Å². The zero-order valence-electron chi connectivity index (χ0n) is 22.3. The Balaban J connectivity index is 2.04. The predicted molar refractivity (Wildman–Crippen MR) is 160 cm³/mol. The van der Waals surface area contributed by atoms with Crippen LogP contribution in [0.3, 0.4) is 0 Å². The van der Waals surface area contributed by atoms with Gasteiger partial charge in [0.15, 0.2) is 5.96 Å². The summed E-state index contributed by atoms with van der Waals surface area (Å²) in [5.41, 5.74) is 18.1. The number of benzene rings is 1. The Morgan fingerprint density at radius 3 is 2.33 bits per heavy atom. The molecule has 15 heteroatoms. The third-order valence-corrected chi connectivity index (χ3v) is 7.09.